The highest BCUT2D eigenvalue weighted by atomic mass is 32.2. The molecule has 0 unspecified atom stereocenters. The molecule has 1 aromatic carbocycles. The van der Waals surface area contributed by atoms with Gasteiger partial charge >= 0.3 is 0 Å². The fourth-order valence-electron chi connectivity index (χ4n) is 4.92. The van der Waals surface area contributed by atoms with Crippen molar-refractivity contribution in [3.63, 3.8) is 0 Å². The monoisotopic (exact) mass is 599 g/mol. The van der Waals surface area contributed by atoms with Gasteiger partial charge in [0.05, 0.1) is 28.7 Å². The Morgan fingerprint density at radius 1 is 1.07 bits per heavy atom. The highest BCUT2D eigenvalue weighted by molar-refractivity contribution is 7.91. The first-order valence-corrected chi connectivity index (χ1v) is 15.8. The van der Waals surface area contributed by atoms with Crippen LogP contribution in [0.2, 0.25) is 0 Å². The summed E-state index contributed by atoms with van der Waals surface area (Å²) in [7, 11) is -2.09. The summed E-state index contributed by atoms with van der Waals surface area (Å²) in [6, 6.07) is 9.08. The third-order valence-corrected chi connectivity index (χ3v) is 10.7. The average Bonchev–Trinajstić information content (AvgIpc) is 3.29. The molecule has 220 valence electrons. The Morgan fingerprint density at radius 3 is 2.46 bits per heavy atom. The zero-order valence-corrected chi connectivity index (χ0v) is 26.0. The van der Waals surface area contributed by atoms with Gasteiger partial charge < -0.3 is 14.5 Å². The molecule has 1 aliphatic rings. The molecule has 3 heterocycles. The number of thiazole rings is 1. The summed E-state index contributed by atoms with van der Waals surface area (Å²) in [6.07, 6.45) is 4.40. The molecule has 0 N–H and O–H groups in total. The second-order valence-corrected chi connectivity index (χ2v) is 13.8. The molecule has 4 rings (SSSR count). The van der Waals surface area contributed by atoms with Crippen LogP contribution in [0.3, 0.4) is 0 Å². The Balaban J connectivity index is 1.49. The molecule has 41 heavy (non-hydrogen) atoms. The molecule has 0 saturated carbocycles. The van der Waals surface area contributed by atoms with E-state index < -0.39 is 15.4 Å². The van der Waals surface area contributed by atoms with Gasteiger partial charge in [0.1, 0.15) is 11.2 Å². The normalized spacial score (nSPS) is 15.3. The lowest BCUT2D eigenvalue weighted by molar-refractivity contribution is -0.137. The molecule has 0 saturated heterocycles. The number of ether oxygens (including phenoxy) is 1. The van der Waals surface area contributed by atoms with Crippen LogP contribution in [-0.4, -0.2) is 67.8 Å². The molecular weight excluding hydrogens is 562 g/mol. The van der Waals surface area contributed by atoms with Crippen molar-refractivity contribution >= 4 is 44.5 Å². The number of hydrogen-bond donors (Lipinski definition) is 0. The standard InChI is InChI=1S/C29H37N5O5S2/c1-7-34-24-12-11-23(18-25(24)32(6)27(35)29(4,5)28(34)36)39-17-9-15-33(16-13-22-10-8-14-30-19-22)41(37,38)26-20(2)31-21(3)40-26/h8,10-12,14,18-19H,7,9,13,15-17H2,1-6H3. The number of pyridine rings is 1. The highest BCUT2D eigenvalue weighted by Gasteiger charge is 2.45. The Hall–Kier alpha value is -3.35. The Kier molecular flexibility index (Phi) is 9.15. The predicted molar refractivity (Wildman–Crippen MR) is 160 cm³/mol. The van der Waals surface area contributed by atoms with E-state index in [0.29, 0.717) is 53.8 Å². The van der Waals surface area contributed by atoms with Crippen LogP contribution in [0.1, 0.15) is 43.5 Å². The third-order valence-electron chi connectivity index (χ3n) is 7.16. The lowest BCUT2D eigenvalue weighted by Gasteiger charge is -2.27. The predicted octanol–water partition coefficient (Wildman–Crippen LogP) is 4.21. The molecule has 2 aromatic heterocycles. The van der Waals surface area contributed by atoms with Gasteiger partial charge in [0.2, 0.25) is 11.8 Å². The first-order valence-electron chi connectivity index (χ1n) is 13.6. The molecule has 12 heteroatoms. The maximum Gasteiger partial charge on any atom is 0.254 e. The molecule has 0 fully saturated rings. The molecule has 0 spiro atoms. The van der Waals surface area contributed by atoms with E-state index in [1.807, 2.05) is 19.1 Å². The van der Waals surface area contributed by atoms with Crippen LogP contribution in [0.25, 0.3) is 0 Å². The van der Waals surface area contributed by atoms with Crippen molar-refractivity contribution in [2.45, 2.75) is 51.7 Å². The smallest absolute Gasteiger partial charge is 0.254 e. The van der Waals surface area contributed by atoms with Crippen molar-refractivity contribution in [2.24, 2.45) is 5.41 Å². The number of carbonyl (C=O) groups is 2. The van der Waals surface area contributed by atoms with E-state index in [0.717, 1.165) is 5.56 Å². The van der Waals surface area contributed by atoms with Crippen molar-refractivity contribution in [3.05, 3.63) is 59.0 Å². The van der Waals surface area contributed by atoms with Gasteiger partial charge in [-0.15, -0.1) is 11.3 Å². The zero-order chi connectivity index (χ0) is 29.9. The summed E-state index contributed by atoms with van der Waals surface area (Å²) in [4.78, 5) is 37.8. The molecule has 10 nitrogen and oxygen atoms in total. The Labute approximate surface area is 246 Å². The molecule has 1 aliphatic heterocycles. The Morgan fingerprint density at radius 2 is 1.83 bits per heavy atom. The molecule has 0 atom stereocenters. The van der Waals surface area contributed by atoms with Gasteiger partial charge in [-0.1, -0.05) is 6.07 Å². The fraction of sp³-hybridized carbons (Fsp3) is 0.448. The van der Waals surface area contributed by atoms with E-state index >= 15 is 0 Å². The van der Waals surface area contributed by atoms with Crippen molar-refractivity contribution in [1.82, 2.24) is 14.3 Å². The van der Waals surface area contributed by atoms with Gasteiger partial charge in [-0.3, -0.25) is 14.6 Å². The molecular formula is C29H37N5O5S2. The zero-order valence-electron chi connectivity index (χ0n) is 24.4. The van der Waals surface area contributed by atoms with Crippen LogP contribution >= 0.6 is 11.3 Å². The summed E-state index contributed by atoms with van der Waals surface area (Å²) in [6.45, 7) is 9.92. The number of sulfonamides is 1. The van der Waals surface area contributed by atoms with Gasteiger partial charge in [0, 0.05) is 45.1 Å². The van der Waals surface area contributed by atoms with Gasteiger partial charge in [-0.05, 0) is 71.2 Å². The molecule has 2 amide bonds. The first kappa shape index (κ1) is 30.6. The lowest BCUT2D eigenvalue weighted by atomic mass is 9.90. The summed E-state index contributed by atoms with van der Waals surface area (Å²) >= 11 is 1.18. The number of nitrogens with zero attached hydrogens (tertiary/aromatic N) is 5. The summed E-state index contributed by atoms with van der Waals surface area (Å²) in [5.74, 6) is -0.00608. The third kappa shape index (κ3) is 6.29. The summed E-state index contributed by atoms with van der Waals surface area (Å²) < 4.78 is 35.0. The SMILES string of the molecule is CCN1C(=O)C(C)(C)C(=O)N(C)c2cc(OCCCN(CCc3cccnc3)S(=O)(=O)c3sc(C)nc3C)ccc21. The minimum Gasteiger partial charge on any atom is -0.493 e. The number of aromatic nitrogens is 2. The number of anilines is 2. The number of aryl methyl sites for hydroxylation is 2. The average molecular weight is 600 g/mol. The van der Waals surface area contributed by atoms with Crippen LogP contribution < -0.4 is 14.5 Å². The second-order valence-electron chi connectivity index (χ2n) is 10.5. The van der Waals surface area contributed by atoms with Crippen LogP contribution in [0, 0.1) is 19.3 Å². The van der Waals surface area contributed by atoms with E-state index in [1.165, 1.54) is 20.5 Å². The second kappa shape index (κ2) is 12.3. The van der Waals surface area contributed by atoms with Crippen molar-refractivity contribution < 1.29 is 22.7 Å². The lowest BCUT2D eigenvalue weighted by Crippen LogP contribution is -2.47. The van der Waals surface area contributed by atoms with E-state index in [9.17, 15) is 18.0 Å². The molecule has 0 bridgehead atoms. The summed E-state index contributed by atoms with van der Waals surface area (Å²) in [5, 5.41) is 0.704. The van der Waals surface area contributed by atoms with E-state index in [2.05, 4.69) is 9.97 Å². The summed E-state index contributed by atoms with van der Waals surface area (Å²) in [5.41, 5.74) is 1.50. The fourth-order valence-corrected chi connectivity index (χ4v) is 8.02. The maximum absolute atomic E-state index is 13.6. The number of fused-ring (bicyclic) bond motifs is 1. The molecule has 0 aliphatic carbocycles. The number of carbonyl (C=O) groups excluding carboxylic acids is 2. The van der Waals surface area contributed by atoms with Gasteiger partial charge in [0.25, 0.3) is 10.0 Å². The minimum atomic E-state index is -3.75. The van der Waals surface area contributed by atoms with Crippen molar-refractivity contribution in [1.29, 1.82) is 0 Å². The van der Waals surface area contributed by atoms with Crippen LogP contribution in [-0.2, 0) is 26.0 Å². The molecule has 3 aromatic rings. The van der Waals surface area contributed by atoms with Crippen molar-refractivity contribution in [3.8, 4) is 5.75 Å². The van der Waals surface area contributed by atoms with E-state index in [-0.39, 0.29) is 29.2 Å². The van der Waals surface area contributed by atoms with Gasteiger partial charge in [-0.25, -0.2) is 13.4 Å². The topological polar surface area (TPSA) is 113 Å². The first-order chi connectivity index (χ1) is 19.4. The van der Waals surface area contributed by atoms with Crippen LogP contribution in [0.15, 0.2) is 46.9 Å². The highest BCUT2D eigenvalue weighted by Crippen LogP contribution is 2.40. The maximum atomic E-state index is 13.6. The van der Waals surface area contributed by atoms with Crippen LogP contribution in [0.5, 0.6) is 5.75 Å². The van der Waals surface area contributed by atoms with E-state index in [1.54, 1.807) is 70.2 Å². The van der Waals surface area contributed by atoms with Crippen LogP contribution in [0.4, 0.5) is 11.4 Å². The van der Waals surface area contributed by atoms with Gasteiger partial charge in [0.15, 0.2) is 4.21 Å². The van der Waals surface area contributed by atoms with Gasteiger partial charge in [-0.2, -0.15) is 4.31 Å². The van der Waals surface area contributed by atoms with E-state index in [4.69, 9.17) is 4.74 Å². The number of benzene rings is 1. The minimum absolute atomic E-state index is 0.247. The Bertz CT molecular complexity index is 1520. The number of hydrogen-bond acceptors (Lipinski definition) is 8. The largest absolute Gasteiger partial charge is 0.493 e. The van der Waals surface area contributed by atoms with Crippen molar-refractivity contribution in [2.75, 3.05) is 43.1 Å². The molecule has 0 radical (unpaired) electrons. The number of amides is 2. The quantitative estimate of drug-likeness (QED) is 0.240. The number of rotatable bonds is 11.